The number of piperidine rings is 1. The molecule has 9 heteroatoms. The first-order chi connectivity index (χ1) is 13.7. The zero-order valence-corrected chi connectivity index (χ0v) is 18.6. The summed E-state index contributed by atoms with van der Waals surface area (Å²) in [6.07, 6.45) is 1.88. The van der Waals surface area contributed by atoms with E-state index in [9.17, 15) is 13.2 Å². The minimum Gasteiger partial charge on any atom is -0.326 e. The number of sulfonamides is 1. The number of nitrogens with zero attached hydrogens (tertiary/aromatic N) is 2. The normalized spacial score (nSPS) is 17.9. The van der Waals surface area contributed by atoms with E-state index in [1.165, 1.54) is 16.4 Å². The molecule has 1 unspecified atom stereocenters. The lowest BCUT2D eigenvalue weighted by molar-refractivity contribution is -0.115. The van der Waals surface area contributed by atoms with Crippen molar-refractivity contribution in [3.63, 3.8) is 0 Å². The van der Waals surface area contributed by atoms with E-state index in [0.29, 0.717) is 41.0 Å². The topological polar surface area (TPSA) is 79.4 Å². The average molecular weight is 456 g/mol. The number of hydrogen-bond donors (Lipinski definition) is 1. The molecule has 1 fully saturated rings. The summed E-state index contributed by atoms with van der Waals surface area (Å²) in [6, 6.07) is 7.83. The Kier molecular flexibility index (Phi) is 6.83. The van der Waals surface area contributed by atoms with Crippen molar-refractivity contribution in [1.29, 1.82) is 0 Å². The van der Waals surface area contributed by atoms with Crippen molar-refractivity contribution in [3.8, 4) is 0 Å². The van der Waals surface area contributed by atoms with Gasteiger partial charge >= 0.3 is 0 Å². The standard InChI is InChI=1S/C20H23Cl2N3O3S/c1-13-4-3-9-25(12-13)29(27,28)16-7-5-15(6-8-16)24-19(26)11-17-18(21)10-14(2)23-20(17)22/h5-8,10,13H,3-4,9,11-12H2,1-2H3,(H,24,26). The number of nitrogens with one attached hydrogen (secondary N) is 1. The summed E-state index contributed by atoms with van der Waals surface area (Å²) in [6.45, 7) is 4.90. The zero-order chi connectivity index (χ0) is 21.2. The number of pyridine rings is 1. The molecule has 1 aromatic heterocycles. The number of amides is 1. The Labute approximate surface area is 181 Å². The highest BCUT2D eigenvalue weighted by Crippen LogP contribution is 2.26. The molecule has 1 amide bonds. The maximum atomic E-state index is 12.8. The van der Waals surface area contributed by atoms with Gasteiger partial charge in [-0.1, -0.05) is 30.1 Å². The summed E-state index contributed by atoms with van der Waals surface area (Å²) in [7, 11) is -3.53. The van der Waals surface area contributed by atoms with E-state index in [0.717, 1.165) is 12.8 Å². The van der Waals surface area contributed by atoms with E-state index in [-0.39, 0.29) is 22.4 Å². The van der Waals surface area contributed by atoms with Gasteiger partial charge in [-0.05, 0) is 56.0 Å². The Balaban J connectivity index is 1.68. The van der Waals surface area contributed by atoms with Gasteiger partial charge in [-0.3, -0.25) is 4.79 Å². The van der Waals surface area contributed by atoms with Crippen molar-refractivity contribution < 1.29 is 13.2 Å². The van der Waals surface area contributed by atoms with Gasteiger partial charge < -0.3 is 5.32 Å². The van der Waals surface area contributed by atoms with Crippen molar-refractivity contribution in [1.82, 2.24) is 9.29 Å². The van der Waals surface area contributed by atoms with Crippen LogP contribution < -0.4 is 5.32 Å². The molecule has 3 rings (SSSR count). The minimum absolute atomic E-state index is 0.0311. The molecule has 1 aliphatic heterocycles. The average Bonchev–Trinajstić information content (AvgIpc) is 2.65. The van der Waals surface area contributed by atoms with Crippen molar-refractivity contribution in [2.75, 3.05) is 18.4 Å². The smallest absolute Gasteiger partial charge is 0.243 e. The number of rotatable bonds is 5. The molecule has 1 aliphatic rings. The van der Waals surface area contributed by atoms with Crippen LogP contribution in [0.25, 0.3) is 0 Å². The summed E-state index contributed by atoms with van der Waals surface area (Å²) < 4.78 is 27.2. The van der Waals surface area contributed by atoms with Gasteiger partial charge in [0, 0.05) is 35.1 Å². The van der Waals surface area contributed by atoms with Crippen LogP contribution in [-0.4, -0.2) is 36.7 Å². The number of carbonyl (C=O) groups excluding carboxylic acids is 1. The van der Waals surface area contributed by atoms with Crippen LogP contribution in [-0.2, 0) is 21.2 Å². The third-order valence-electron chi connectivity index (χ3n) is 4.88. The first-order valence-corrected chi connectivity index (χ1v) is 11.6. The molecule has 0 saturated carbocycles. The fourth-order valence-corrected chi connectivity index (χ4v) is 5.63. The Morgan fingerprint density at radius 2 is 1.97 bits per heavy atom. The molecule has 1 aromatic carbocycles. The maximum Gasteiger partial charge on any atom is 0.243 e. The van der Waals surface area contributed by atoms with Gasteiger partial charge in [0.25, 0.3) is 0 Å². The highest BCUT2D eigenvalue weighted by atomic mass is 35.5. The predicted molar refractivity (Wildman–Crippen MR) is 115 cm³/mol. The van der Waals surface area contributed by atoms with Gasteiger partial charge in [0.05, 0.1) is 11.3 Å². The number of halogens is 2. The summed E-state index contributed by atoms with van der Waals surface area (Å²) in [5.41, 5.74) is 1.62. The molecule has 2 aromatic rings. The van der Waals surface area contributed by atoms with Crippen molar-refractivity contribution in [2.45, 2.75) is 38.0 Å². The Bertz CT molecular complexity index is 987. The summed E-state index contributed by atoms with van der Waals surface area (Å²) in [5, 5.41) is 3.31. The van der Waals surface area contributed by atoms with Gasteiger partial charge in [-0.15, -0.1) is 0 Å². The van der Waals surface area contributed by atoms with Crippen LogP contribution in [0.2, 0.25) is 10.2 Å². The number of carbonyl (C=O) groups is 1. The lowest BCUT2D eigenvalue weighted by Gasteiger charge is -2.30. The monoisotopic (exact) mass is 455 g/mol. The molecular formula is C20H23Cl2N3O3S. The molecule has 0 bridgehead atoms. The molecule has 1 N–H and O–H groups in total. The van der Waals surface area contributed by atoms with Crippen LogP contribution >= 0.6 is 23.2 Å². The highest BCUT2D eigenvalue weighted by molar-refractivity contribution is 7.89. The molecule has 1 atom stereocenters. The van der Waals surface area contributed by atoms with E-state index < -0.39 is 10.0 Å². The number of hydrogen-bond acceptors (Lipinski definition) is 4. The summed E-state index contributed by atoms with van der Waals surface area (Å²) in [5.74, 6) is 0.0342. The molecule has 0 aliphatic carbocycles. The molecule has 0 radical (unpaired) electrons. The first kappa shape index (κ1) is 22.0. The van der Waals surface area contributed by atoms with Gasteiger partial charge in [-0.25, -0.2) is 13.4 Å². The molecule has 29 heavy (non-hydrogen) atoms. The molecule has 2 heterocycles. The second-order valence-electron chi connectivity index (χ2n) is 7.37. The Morgan fingerprint density at radius 3 is 2.59 bits per heavy atom. The quantitative estimate of drug-likeness (QED) is 0.681. The second-order valence-corrected chi connectivity index (χ2v) is 10.1. The Morgan fingerprint density at radius 1 is 1.28 bits per heavy atom. The van der Waals surface area contributed by atoms with Crippen molar-refractivity contribution in [3.05, 3.63) is 51.8 Å². The second kappa shape index (κ2) is 9.00. The number of benzene rings is 1. The predicted octanol–water partition coefficient (Wildman–Crippen LogP) is 4.30. The molecule has 6 nitrogen and oxygen atoms in total. The van der Waals surface area contributed by atoms with E-state index in [2.05, 4.69) is 17.2 Å². The van der Waals surface area contributed by atoms with Crippen molar-refractivity contribution in [2.24, 2.45) is 5.92 Å². The van der Waals surface area contributed by atoms with Crippen LogP contribution in [0.15, 0.2) is 35.2 Å². The first-order valence-electron chi connectivity index (χ1n) is 9.38. The van der Waals surface area contributed by atoms with E-state index >= 15 is 0 Å². The van der Waals surface area contributed by atoms with Gasteiger partial charge in [0.1, 0.15) is 5.15 Å². The number of aromatic nitrogens is 1. The molecule has 0 spiro atoms. The van der Waals surface area contributed by atoms with Gasteiger partial charge in [0.15, 0.2) is 0 Å². The lowest BCUT2D eigenvalue weighted by atomic mass is 10.0. The van der Waals surface area contributed by atoms with Gasteiger partial charge in [-0.2, -0.15) is 4.31 Å². The van der Waals surface area contributed by atoms with E-state index in [1.807, 2.05) is 0 Å². The van der Waals surface area contributed by atoms with Crippen LogP contribution in [0.4, 0.5) is 5.69 Å². The van der Waals surface area contributed by atoms with E-state index in [1.54, 1.807) is 25.1 Å². The fraction of sp³-hybridized carbons (Fsp3) is 0.400. The van der Waals surface area contributed by atoms with Crippen molar-refractivity contribution >= 4 is 44.8 Å². The number of anilines is 1. The number of aryl methyl sites for hydroxylation is 1. The zero-order valence-electron chi connectivity index (χ0n) is 16.3. The van der Waals surface area contributed by atoms with Crippen LogP contribution in [0, 0.1) is 12.8 Å². The summed E-state index contributed by atoms with van der Waals surface area (Å²) >= 11 is 12.3. The maximum absolute atomic E-state index is 12.8. The third-order valence-corrected chi connectivity index (χ3v) is 7.41. The minimum atomic E-state index is -3.53. The van der Waals surface area contributed by atoms with Crippen LogP contribution in [0.1, 0.15) is 31.0 Å². The Hall–Kier alpha value is -1.67. The molecule has 156 valence electrons. The van der Waals surface area contributed by atoms with Crippen LogP contribution in [0.3, 0.4) is 0 Å². The fourth-order valence-electron chi connectivity index (χ4n) is 3.37. The SMILES string of the molecule is Cc1cc(Cl)c(CC(=O)Nc2ccc(S(=O)(=O)N3CCCC(C)C3)cc2)c(Cl)n1. The third kappa shape index (κ3) is 5.28. The van der Waals surface area contributed by atoms with Gasteiger partial charge in [0.2, 0.25) is 15.9 Å². The summed E-state index contributed by atoms with van der Waals surface area (Å²) in [4.78, 5) is 16.7. The molecule has 1 saturated heterocycles. The lowest BCUT2D eigenvalue weighted by Crippen LogP contribution is -2.39. The molecular weight excluding hydrogens is 433 g/mol. The highest BCUT2D eigenvalue weighted by Gasteiger charge is 2.28. The largest absolute Gasteiger partial charge is 0.326 e. The van der Waals surface area contributed by atoms with Crippen LogP contribution in [0.5, 0.6) is 0 Å². The van der Waals surface area contributed by atoms with E-state index in [4.69, 9.17) is 23.2 Å².